The number of benzene rings is 2. The number of esters is 1. The number of imidazole rings is 1. The van der Waals surface area contributed by atoms with Gasteiger partial charge < -0.3 is 34.0 Å². The van der Waals surface area contributed by atoms with Gasteiger partial charge in [0.15, 0.2) is 44.6 Å². The van der Waals surface area contributed by atoms with E-state index in [1.54, 1.807) is 36.4 Å². The maximum absolute atomic E-state index is 16.6. The van der Waals surface area contributed by atoms with Crippen LogP contribution in [-0.2, 0) is 46.9 Å². The van der Waals surface area contributed by atoms with Gasteiger partial charge in [0.05, 0.1) is 31.7 Å². The molecule has 0 radical (unpaired) electrons. The molecule has 3 aliphatic rings. The second kappa shape index (κ2) is 26.5. The summed E-state index contributed by atoms with van der Waals surface area (Å²) in [5.41, 5.74) is 5.06. The molecule has 4 N–H and O–H groups in total. The Labute approximate surface area is 460 Å². The van der Waals surface area contributed by atoms with Crippen molar-refractivity contribution >= 4 is 57.3 Å². The van der Waals surface area contributed by atoms with E-state index in [2.05, 4.69) is 48.8 Å². The number of nitrogens with one attached hydrogen (secondary N) is 1. The Morgan fingerprint density at radius 1 is 0.797 bits per heavy atom. The zero-order valence-corrected chi connectivity index (χ0v) is 48.3. The number of anilines is 1. The Balaban J connectivity index is 0.837. The van der Waals surface area contributed by atoms with Crippen molar-refractivity contribution < 1.29 is 69.1 Å². The number of nitrogens with two attached hydrogens (primary N) is 1. The molecule has 2 unspecified atom stereocenters. The molecule has 2 aromatic carbocycles. The third-order valence-electron chi connectivity index (χ3n) is 14.3. The molecule has 3 saturated heterocycles. The van der Waals surface area contributed by atoms with Gasteiger partial charge in [0.2, 0.25) is 0 Å². The van der Waals surface area contributed by atoms with Gasteiger partial charge in [-0.3, -0.25) is 37.0 Å². The molecule has 0 saturated carbocycles. The summed E-state index contributed by atoms with van der Waals surface area (Å²) in [6.45, 7) is 6.44. The van der Waals surface area contributed by atoms with Crippen molar-refractivity contribution in [3.63, 3.8) is 0 Å². The van der Waals surface area contributed by atoms with Crippen LogP contribution in [0.5, 0.6) is 11.5 Å². The Kier molecular flexibility index (Phi) is 20.2. The lowest BCUT2D eigenvalue weighted by Gasteiger charge is -2.36. The number of ether oxygens (including phenoxy) is 4. The summed E-state index contributed by atoms with van der Waals surface area (Å²) in [4.78, 5) is 62.7. The van der Waals surface area contributed by atoms with Gasteiger partial charge in [-0.25, -0.2) is 42.5 Å². The van der Waals surface area contributed by atoms with Crippen LogP contribution in [0.2, 0.25) is 18.1 Å². The summed E-state index contributed by atoms with van der Waals surface area (Å²) in [5, 5.41) is 0.250. The van der Waals surface area contributed by atoms with E-state index in [-0.39, 0.29) is 33.5 Å². The van der Waals surface area contributed by atoms with E-state index in [0.29, 0.717) is 39.4 Å². The number of carbonyl (C=O) groups excluding carboxylic acids is 1. The first-order chi connectivity index (χ1) is 37.6. The van der Waals surface area contributed by atoms with Crippen molar-refractivity contribution in [1.29, 1.82) is 0 Å². The predicted molar refractivity (Wildman–Crippen MR) is 292 cm³/mol. The minimum Gasteiger partial charge on any atom is -0.494 e. The molecule has 432 valence electrons. The first-order valence-corrected chi connectivity index (χ1v) is 33.9. The number of aromatic nitrogens is 6. The number of nitrogens with zero attached hydrogens (tertiary/aromatic N) is 5. The van der Waals surface area contributed by atoms with Crippen molar-refractivity contribution in [3.8, 4) is 11.5 Å². The fraction of sp³-hybridized carbons (Fsp3) is 0.569. The summed E-state index contributed by atoms with van der Waals surface area (Å²) in [5.74, 6) is 0.0814. The van der Waals surface area contributed by atoms with Gasteiger partial charge >= 0.3 is 26.3 Å². The number of rotatable bonds is 22. The van der Waals surface area contributed by atoms with Gasteiger partial charge in [-0.2, -0.15) is 0 Å². The van der Waals surface area contributed by atoms with Crippen molar-refractivity contribution in [2.24, 2.45) is 0 Å². The predicted octanol–water partition coefficient (Wildman–Crippen LogP) is 9.91. The van der Waals surface area contributed by atoms with Crippen LogP contribution in [0, 0.1) is 0 Å². The van der Waals surface area contributed by atoms with Crippen molar-refractivity contribution in [2.75, 3.05) is 32.2 Å². The second-order valence-electron chi connectivity index (χ2n) is 21.1. The van der Waals surface area contributed by atoms with Crippen LogP contribution < -0.4 is 26.5 Å². The molecule has 6 heterocycles. The number of phosphoric acid groups is 1. The minimum atomic E-state index is -5.25. The van der Waals surface area contributed by atoms with Crippen LogP contribution >= 0.6 is 26.0 Å². The largest absolute Gasteiger partial charge is 0.494 e. The molecule has 3 aromatic heterocycles. The number of alkyl halides is 2. The van der Waals surface area contributed by atoms with E-state index in [9.17, 15) is 28.4 Å². The molecule has 28 heteroatoms. The molecule has 0 amide bonds. The van der Waals surface area contributed by atoms with Crippen molar-refractivity contribution in [1.82, 2.24) is 29.1 Å². The van der Waals surface area contributed by atoms with Crippen LogP contribution in [0.4, 0.5) is 14.6 Å². The van der Waals surface area contributed by atoms with Crippen LogP contribution in [0.25, 0.3) is 11.2 Å². The summed E-state index contributed by atoms with van der Waals surface area (Å²) in [6.07, 6.45) is -0.0318. The van der Waals surface area contributed by atoms with Crippen LogP contribution in [0.15, 0.2) is 83.0 Å². The summed E-state index contributed by atoms with van der Waals surface area (Å²) < 4.78 is 115. The molecular formula is C51H69F2N7O15P2SSi. The second-order valence-corrected chi connectivity index (χ2v) is 31.3. The maximum Gasteiger partial charge on any atom is 0.472 e. The summed E-state index contributed by atoms with van der Waals surface area (Å²) >= 11 is 0.597. The third-order valence-corrected chi connectivity index (χ3v) is 23.5. The SMILES string of the molecule is CC(C)(C)[Si](C)(C)OCCCCCCCCCCCCOc1ccc(C(=O)Oc2ccc(CSP3(=O)OC[C@H]4O[C@@H](n5cnc6c(N)ncnc65)[C@H](F)[C@@H]4OP(=O)(O)OC[C@H]4O[C@@H](n5ccc(=O)[nH]c5=O)[C@H](F)[C@@H]4O3)cc2)cc1. The number of aromatic amines is 1. The normalized spacial score (nSPS) is 26.7. The van der Waals surface area contributed by atoms with Gasteiger partial charge in [-0.15, -0.1) is 0 Å². The molecule has 0 bridgehead atoms. The summed E-state index contributed by atoms with van der Waals surface area (Å²) in [6, 6.07) is 13.8. The number of unbranched alkanes of at least 4 members (excludes halogenated alkanes) is 9. The zero-order chi connectivity index (χ0) is 56.5. The molecule has 0 aliphatic carbocycles. The number of hydrogen-bond donors (Lipinski definition) is 3. The highest BCUT2D eigenvalue weighted by atomic mass is 32.7. The molecule has 79 heavy (non-hydrogen) atoms. The third kappa shape index (κ3) is 15.7. The number of carbonyl (C=O) groups is 1. The number of H-pyrrole nitrogens is 1. The Morgan fingerprint density at radius 2 is 1.38 bits per heavy atom. The first-order valence-electron chi connectivity index (χ1n) is 26.3. The molecule has 10 atom stereocenters. The number of hydrogen-bond acceptors (Lipinski definition) is 19. The van der Waals surface area contributed by atoms with Gasteiger partial charge in [0.1, 0.15) is 47.8 Å². The lowest BCUT2D eigenvalue weighted by molar-refractivity contribution is -0.0619. The zero-order valence-electron chi connectivity index (χ0n) is 44.7. The highest BCUT2D eigenvalue weighted by Crippen LogP contribution is 2.65. The fourth-order valence-corrected chi connectivity index (χ4v) is 14.2. The quantitative estimate of drug-likeness (QED) is 0.0191. The van der Waals surface area contributed by atoms with Crippen molar-refractivity contribution in [2.45, 2.75) is 158 Å². The van der Waals surface area contributed by atoms with Crippen molar-refractivity contribution in [3.05, 3.63) is 105 Å². The van der Waals surface area contributed by atoms with Crippen LogP contribution in [0.1, 0.15) is 113 Å². The van der Waals surface area contributed by atoms with E-state index < -0.39 is 103 Å². The Bertz CT molecular complexity index is 3060. The van der Waals surface area contributed by atoms with E-state index in [0.717, 1.165) is 50.9 Å². The molecule has 5 aromatic rings. The van der Waals surface area contributed by atoms with E-state index >= 15 is 8.78 Å². The Hall–Kier alpha value is -4.69. The summed E-state index contributed by atoms with van der Waals surface area (Å²) in [7, 11) is -6.90. The number of nitrogen functional groups attached to an aromatic ring is 1. The fourth-order valence-electron chi connectivity index (χ4n) is 8.82. The van der Waals surface area contributed by atoms with E-state index in [4.69, 9.17) is 47.2 Å². The molecule has 3 fully saturated rings. The van der Waals surface area contributed by atoms with Crippen LogP contribution in [-0.4, -0.2) is 111 Å². The number of phosphoric ester groups is 1. The molecule has 3 aliphatic heterocycles. The average Bonchev–Trinajstić information content (AvgIpc) is 4.24. The monoisotopic (exact) mass is 1180 g/mol. The van der Waals surface area contributed by atoms with E-state index in [1.165, 1.54) is 61.6 Å². The average molecular weight is 1180 g/mol. The standard InChI is InChI=1S/C51H69F2N7O15P2SSi/c1-51(2,3)79(4,5)70-27-15-13-11-9-7-6-8-10-12-14-26-67-35-22-18-34(19-23-35)49(62)71-36-20-16-33(17-21-36)30-78-77(66)69-29-38-43(40(52)48(73-38)60-32-57-42-45(54)55-31-56-46(42)60)74-76(64,65)68-28-37-44(75-77)41(53)47(72-37)59-25-24-39(61)58-50(59)63/h16-25,31-32,37-38,40-41,43-44,47-48H,6-15,26-30H2,1-5H3,(H,64,65)(H2,54,55,56)(H,58,61,63)/t37-,38-,40-,41-,43-,44-,47-,48-,77?/m1/s1. The van der Waals surface area contributed by atoms with E-state index in [1.807, 2.05) is 4.98 Å². The Morgan fingerprint density at radius 3 is 2.01 bits per heavy atom. The minimum absolute atomic E-state index is 0.0148. The molecular weight excluding hydrogens is 1110 g/mol. The van der Waals surface area contributed by atoms with Gasteiger partial charge in [0, 0.05) is 24.6 Å². The van der Waals surface area contributed by atoms with Gasteiger partial charge in [-0.1, -0.05) is 84.3 Å². The van der Waals surface area contributed by atoms with Gasteiger partial charge in [0.25, 0.3) is 5.56 Å². The molecule has 22 nitrogen and oxygen atoms in total. The number of fused-ring (bicyclic) bond motifs is 3. The van der Waals surface area contributed by atoms with Crippen LogP contribution in [0.3, 0.4) is 0 Å². The molecule has 8 rings (SSSR count). The number of halogens is 2. The topological polar surface area (TPSA) is 279 Å². The first kappa shape index (κ1) is 60.4. The highest BCUT2D eigenvalue weighted by molar-refractivity contribution is 8.54. The lowest BCUT2D eigenvalue weighted by atomic mass is 10.1. The maximum atomic E-state index is 16.6. The molecule has 0 spiro atoms. The van der Waals surface area contributed by atoms with Gasteiger partial charge in [-0.05, 0) is 84.3 Å². The highest BCUT2D eigenvalue weighted by Gasteiger charge is 2.55. The lowest BCUT2D eigenvalue weighted by Crippen LogP contribution is -2.40. The smallest absolute Gasteiger partial charge is 0.472 e.